The Labute approximate surface area is 159 Å². The predicted octanol–water partition coefficient (Wildman–Crippen LogP) is 3.26. The van der Waals surface area contributed by atoms with Crippen molar-refractivity contribution in [2.75, 3.05) is 25.1 Å². The van der Waals surface area contributed by atoms with Crippen molar-refractivity contribution in [2.45, 2.75) is 6.92 Å². The summed E-state index contributed by atoms with van der Waals surface area (Å²) in [6.45, 7) is 2.57. The number of likely N-dealkylation sites (N-methyl/N-ethyl adjacent to an activating group) is 1. The number of halogens is 1. The van der Waals surface area contributed by atoms with Gasteiger partial charge in [0.1, 0.15) is 39.6 Å². The van der Waals surface area contributed by atoms with E-state index in [1.807, 2.05) is 11.9 Å². The zero-order chi connectivity index (χ0) is 19.4. The summed E-state index contributed by atoms with van der Waals surface area (Å²) < 4.78 is 18.5. The van der Waals surface area contributed by atoms with Crippen LogP contribution in [0.15, 0.2) is 36.7 Å². The Balaban J connectivity index is 1.66. The van der Waals surface area contributed by atoms with Crippen molar-refractivity contribution in [3.63, 3.8) is 0 Å². The molecule has 0 spiro atoms. The summed E-state index contributed by atoms with van der Waals surface area (Å²) in [5.41, 5.74) is 0.968. The van der Waals surface area contributed by atoms with Crippen molar-refractivity contribution < 1.29 is 19.0 Å². The number of rotatable bonds is 7. The minimum absolute atomic E-state index is 0.193. The standard InChI is InChI=1S/C18H17FN4O3S/c1-11-16(18(24)25)27-17(21-11)14-9-20-10-15(22-14)23(2)7-8-26-13-5-3-12(19)4-6-13/h3-6,9-10H,7-8H2,1-2H3,(H,24,25). The third-order valence-corrected chi connectivity index (χ3v) is 4.90. The van der Waals surface area contributed by atoms with E-state index in [0.29, 0.717) is 41.1 Å². The molecular formula is C18H17FN4O3S. The number of anilines is 1. The molecule has 0 radical (unpaired) electrons. The van der Waals surface area contributed by atoms with Crippen molar-refractivity contribution >= 4 is 23.1 Å². The summed E-state index contributed by atoms with van der Waals surface area (Å²) in [4.78, 5) is 26.2. The van der Waals surface area contributed by atoms with Gasteiger partial charge in [-0.3, -0.25) is 4.98 Å². The van der Waals surface area contributed by atoms with Crippen LogP contribution in [0.4, 0.5) is 10.2 Å². The lowest BCUT2D eigenvalue weighted by atomic mass is 10.3. The van der Waals surface area contributed by atoms with Crippen LogP contribution in [0.25, 0.3) is 10.7 Å². The van der Waals surface area contributed by atoms with Gasteiger partial charge in [0.2, 0.25) is 0 Å². The molecule has 0 aliphatic carbocycles. The van der Waals surface area contributed by atoms with Crippen LogP contribution in [0, 0.1) is 12.7 Å². The first kappa shape index (κ1) is 18.7. The fourth-order valence-electron chi connectivity index (χ4n) is 2.29. The van der Waals surface area contributed by atoms with Gasteiger partial charge in [0.05, 0.1) is 24.6 Å². The number of thiazole rings is 1. The maximum Gasteiger partial charge on any atom is 0.347 e. The Morgan fingerprint density at radius 2 is 2.00 bits per heavy atom. The number of carboxylic acid groups (broad SMARTS) is 1. The Kier molecular flexibility index (Phi) is 5.60. The maximum absolute atomic E-state index is 12.9. The topological polar surface area (TPSA) is 88.4 Å². The van der Waals surface area contributed by atoms with Crippen LogP contribution < -0.4 is 9.64 Å². The van der Waals surface area contributed by atoms with E-state index in [9.17, 15) is 9.18 Å². The summed E-state index contributed by atoms with van der Waals surface area (Å²) in [5.74, 6) is -0.116. The van der Waals surface area contributed by atoms with Gasteiger partial charge in [-0.05, 0) is 31.2 Å². The molecule has 0 unspecified atom stereocenters. The molecule has 1 N–H and O–H groups in total. The van der Waals surface area contributed by atoms with Gasteiger partial charge in [-0.2, -0.15) is 0 Å². The molecular weight excluding hydrogens is 371 g/mol. The van der Waals surface area contributed by atoms with Gasteiger partial charge in [-0.15, -0.1) is 11.3 Å². The minimum atomic E-state index is -1.00. The third-order valence-electron chi connectivity index (χ3n) is 3.73. The van der Waals surface area contributed by atoms with E-state index in [1.165, 1.54) is 12.1 Å². The molecule has 0 atom stereocenters. The summed E-state index contributed by atoms with van der Waals surface area (Å²) in [6, 6.07) is 5.83. The van der Waals surface area contributed by atoms with Crippen LogP contribution in [-0.4, -0.2) is 46.2 Å². The molecule has 0 bridgehead atoms. The van der Waals surface area contributed by atoms with E-state index in [0.717, 1.165) is 11.3 Å². The molecule has 27 heavy (non-hydrogen) atoms. The van der Waals surface area contributed by atoms with Gasteiger partial charge < -0.3 is 14.7 Å². The number of aromatic nitrogens is 3. The average molecular weight is 388 g/mol. The first-order valence-corrected chi connectivity index (χ1v) is 8.88. The number of aromatic carboxylic acids is 1. The van der Waals surface area contributed by atoms with Crippen molar-refractivity contribution in [3.8, 4) is 16.5 Å². The van der Waals surface area contributed by atoms with E-state index in [4.69, 9.17) is 9.84 Å². The molecule has 3 rings (SSSR count). The zero-order valence-corrected chi connectivity index (χ0v) is 15.5. The first-order valence-electron chi connectivity index (χ1n) is 8.06. The summed E-state index contributed by atoms with van der Waals surface area (Å²) in [6.07, 6.45) is 3.16. The van der Waals surface area contributed by atoms with E-state index >= 15 is 0 Å². The van der Waals surface area contributed by atoms with Crippen LogP contribution in [0.3, 0.4) is 0 Å². The summed E-state index contributed by atoms with van der Waals surface area (Å²) in [5, 5.41) is 9.68. The zero-order valence-electron chi connectivity index (χ0n) is 14.7. The SMILES string of the molecule is Cc1nc(-c2cncc(N(C)CCOc3ccc(F)cc3)n2)sc1C(=O)O. The molecule has 2 heterocycles. The molecule has 1 aromatic carbocycles. The number of hydrogen-bond acceptors (Lipinski definition) is 7. The molecule has 0 saturated heterocycles. The lowest BCUT2D eigenvalue weighted by Gasteiger charge is -2.18. The molecule has 0 saturated carbocycles. The highest BCUT2D eigenvalue weighted by Crippen LogP contribution is 2.27. The number of aryl methyl sites for hydroxylation is 1. The van der Waals surface area contributed by atoms with Gasteiger partial charge in [0.25, 0.3) is 0 Å². The van der Waals surface area contributed by atoms with Crippen LogP contribution in [0.2, 0.25) is 0 Å². The average Bonchev–Trinajstić information content (AvgIpc) is 3.05. The lowest BCUT2D eigenvalue weighted by Crippen LogP contribution is -2.24. The van der Waals surface area contributed by atoms with Crippen molar-refractivity contribution in [3.05, 3.63) is 53.0 Å². The minimum Gasteiger partial charge on any atom is -0.492 e. The number of nitrogens with zero attached hydrogens (tertiary/aromatic N) is 4. The maximum atomic E-state index is 12.9. The Bertz CT molecular complexity index is 946. The second-order valence-corrected chi connectivity index (χ2v) is 6.72. The second-order valence-electron chi connectivity index (χ2n) is 5.73. The molecule has 0 fully saturated rings. The van der Waals surface area contributed by atoms with Crippen LogP contribution in [-0.2, 0) is 0 Å². The second kappa shape index (κ2) is 8.09. The molecule has 140 valence electrons. The molecule has 0 amide bonds. The number of carbonyl (C=O) groups is 1. The fraction of sp³-hybridized carbons (Fsp3) is 0.222. The molecule has 9 heteroatoms. The van der Waals surface area contributed by atoms with E-state index < -0.39 is 5.97 Å². The van der Waals surface area contributed by atoms with Crippen molar-refractivity contribution in [1.82, 2.24) is 15.0 Å². The van der Waals surface area contributed by atoms with Gasteiger partial charge in [-0.25, -0.2) is 19.2 Å². The van der Waals surface area contributed by atoms with Gasteiger partial charge in [-0.1, -0.05) is 0 Å². The smallest absolute Gasteiger partial charge is 0.347 e. The van der Waals surface area contributed by atoms with Crippen LogP contribution in [0.5, 0.6) is 5.75 Å². The fourth-order valence-corrected chi connectivity index (χ4v) is 3.15. The molecule has 7 nitrogen and oxygen atoms in total. The Hall–Kier alpha value is -3.07. The highest BCUT2D eigenvalue weighted by molar-refractivity contribution is 7.17. The Morgan fingerprint density at radius 3 is 2.67 bits per heavy atom. The highest BCUT2D eigenvalue weighted by Gasteiger charge is 2.16. The lowest BCUT2D eigenvalue weighted by molar-refractivity contribution is 0.0701. The van der Waals surface area contributed by atoms with Crippen LogP contribution >= 0.6 is 11.3 Å². The number of benzene rings is 1. The highest BCUT2D eigenvalue weighted by atomic mass is 32.1. The first-order chi connectivity index (χ1) is 12.9. The van der Waals surface area contributed by atoms with Gasteiger partial charge >= 0.3 is 5.97 Å². The summed E-state index contributed by atoms with van der Waals surface area (Å²) >= 11 is 1.07. The quantitative estimate of drug-likeness (QED) is 0.664. The Morgan fingerprint density at radius 1 is 1.26 bits per heavy atom. The van der Waals surface area contributed by atoms with Crippen molar-refractivity contribution in [1.29, 1.82) is 0 Å². The molecule has 0 aliphatic heterocycles. The summed E-state index contributed by atoms with van der Waals surface area (Å²) in [7, 11) is 1.84. The van der Waals surface area contributed by atoms with Crippen LogP contribution in [0.1, 0.15) is 15.4 Å². The number of ether oxygens (including phenoxy) is 1. The van der Waals surface area contributed by atoms with Gasteiger partial charge in [0, 0.05) is 7.05 Å². The predicted molar refractivity (Wildman–Crippen MR) is 100 cm³/mol. The number of carboxylic acids is 1. The van der Waals surface area contributed by atoms with E-state index in [1.54, 1.807) is 31.5 Å². The normalized spacial score (nSPS) is 10.6. The molecule has 0 aliphatic rings. The molecule has 2 aromatic heterocycles. The largest absolute Gasteiger partial charge is 0.492 e. The van der Waals surface area contributed by atoms with E-state index in [-0.39, 0.29) is 10.7 Å². The monoisotopic (exact) mass is 388 g/mol. The van der Waals surface area contributed by atoms with Gasteiger partial charge in [0.15, 0.2) is 0 Å². The third kappa shape index (κ3) is 4.56. The number of hydrogen-bond donors (Lipinski definition) is 1. The van der Waals surface area contributed by atoms with Crippen molar-refractivity contribution in [2.24, 2.45) is 0 Å². The molecule has 3 aromatic rings. The van der Waals surface area contributed by atoms with E-state index in [2.05, 4.69) is 15.0 Å².